The second-order valence-electron chi connectivity index (χ2n) is 9.07. The zero-order valence-electron chi connectivity index (χ0n) is 17.4. The van der Waals surface area contributed by atoms with Crippen molar-refractivity contribution in [2.24, 2.45) is 16.1 Å². The van der Waals surface area contributed by atoms with Gasteiger partial charge in [0.05, 0.1) is 18.4 Å². The van der Waals surface area contributed by atoms with Gasteiger partial charge in [0.2, 0.25) is 0 Å². The third kappa shape index (κ3) is 3.19. The Bertz CT molecular complexity index is 944. The molecule has 1 fully saturated rings. The van der Waals surface area contributed by atoms with E-state index in [9.17, 15) is 0 Å². The van der Waals surface area contributed by atoms with Crippen LogP contribution in [0.3, 0.4) is 0 Å². The van der Waals surface area contributed by atoms with E-state index in [1.807, 2.05) is 6.20 Å². The molecule has 6 nitrogen and oxygen atoms in total. The maximum absolute atomic E-state index is 5.96. The molecule has 1 saturated heterocycles. The van der Waals surface area contributed by atoms with Crippen molar-refractivity contribution in [1.29, 1.82) is 0 Å². The molecule has 29 heavy (non-hydrogen) atoms. The fraction of sp³-hybridized carbons (Fsp3) is 0.522. The van der Waals surface area contributed by atoms with Crippen molar-refractivity contribution in [1.82, 2.24) is 9.97 Å². The quantitative estimate of drug-likeness (QED) is 0.852. The first-order valence-electron chi connectivity index (χ1n) is 10.8. The summed E-state index contributed by atoms with van der Waals surface area (Å²) in [6.45, 7) is 8.93. The molecule has 0 aliphatic carbocycles. The molecule has 1 aromatic carbocycles. The van der Waals surface area contributed by atoms with E-state index in [2.05, 4.69) is 47.9 Å². The summed E-state index contributed by atoms with van der Waals surface area (Å²) in [6.07, 6.45) is 5.27. The zero-order chi connectivity index (χ0) is 20.0. The minimum absolute atomic E-state index is 0.260. The van der Waals surface area contributed by atoms with Crippen molar-refractivity contribution in [2.45, 2.75) is 45.6 Å². The standard InChI is InChI=1S/C23H30N6/c1-16-7-10-29(19-6-4-3-5-17(16)19)22-21-18(13-26-22)27-20(14-25-21)28-11-8-23(2,15-24)9-12-28/h3-6,14,16H,7-13,15,24H2,1-2H3/t16-/m0/s1. The largest absolute Gasteiger partial charge is 0.355 e. The van der Waals surface area contributed by atoms with Crippen molar-refractivity contribution >= 4 is 17.3 Å². The van der Waals surface area contributed by atoms with E-state index in [0.29, 0.717) is 12.5 Å². The SMILES string of the molecule is C[C@H]1CCN(C2=NCc3nc(N4CCC(C)(CN)CC4)cnc32)c2ccccc21. The molecule has 1 aromatic heterocycles. The Morgan fingerprint density at radius 1 is 1.17 bits per heavy atom. The highest BCUT2D eigenvalue weighted by Gasteiger charge is 2.32. The molecule has 0 spiro atoms. The molecule has 0 unspecified atom stereocenters. The molecule has 3 aliphatic rings. The van der Waals surface area contributed by atoms with Crippen LogP contribution < -0.4 is 15.5 Å². The van der Waals surface area contributed by atoms with Crippen molar-refractivity contribution < 1.29 is 0 Å². The van der Waals surface area contributed by atoms with Gasteiger partial charge in [-0.3, -0.25) is 4.99 Å². The van der Waals surface area contributed by atoms with Crippen LogP contribution in [0.15, 0.2) is 35.5 Å². The fourth-order valence-corrected chi connectivity index (χ4v) is 4.75. The minimum Gasteiger partial charge on any atom is -0.355 e. The maximum atomic E-state index is 5.96. The number of benzene rings is 1. The van der Waals surface area contributed by atoms with Gasteiger partial charge in [-0.1, -0.05) is 32.0 Å². The molecule has 152 valence electrons. The van der Waals surface area contributed by atoms with E-state index in [0.717, 1.165) is 68.5 Å². The summed E-state index contributed by atoms with van der Waals surface area (Å²) in [7, 11) is 0. The van der Waals surface area contributed by atoms with Crippen molar-refractivity contribution in [3.05, 3.63) is 47.4 Å². The zero-order valence-corrected chi connectivity index (χ0v) is 17.4. The first kappa shape index (κ1) is 18.6. The Labute approximate surface area is 172 Å². The molecule has 2 N–H and O–H groups in total. The van der Waals surface area contributed by atoms with Crippen molar-refractivity contribution in [3.8, 4) is 0 Å². The number of aromatic nitrogens is 2. The summed E-state index contributed by atoms with van der Waals surface area (Å²) in [5, 5.41) is 0. The van der Waals surface area contributed by atoms with Crippen LogP contribution >= 0.6 is 0 Å². The van der Waals surface area contributed by atoms with E-state index in [1.165, 1.54) is 11.3 Å². The van der Waals surface area contributed by atoms with Crippen LogP contribution in [-0.4, -0.2) is 42.0 Å². The average Bonchev–Trinajstić information content (AvgIpc) is 3.18. The number of para-hydroxylation sites is 1. The number of nitrogens with zero attached hydrogens (tertiary/aromatic N) is 5. The second kappa shape index (κ2) is 7.10. The van der Waals surface area contributed by atoms with Crippen molar-refractivity contribution in [2.75, 3.05) is 36.0 Å². The molecule has 0 amide bonds. The number of amidine groups is 1. The van der Waals surface area contributed by atoms with Crippen LogP contribution in [-0.2, 0) is 6.54 Å². The number of anilines is 2. The van der Waals surface area contributed by atoms with Gasteiger partial charge in [0.15, 0.2) is 5.84 Å². The lowest BCUT2D eigenvalue weighted by molar-refractivity contribution is 0.258. The van der Waals surface area contributed by atoms with Crippen molar-refractivity contribution in [3.63, 3.8) is 0 Å². The highest BCUT2D eigenvalue weighted by atomic mass is 15.2. The lowest BCUT2D eigenvalue weighted by Crippen LogP contribution is -2.42. The molecule has 4 heterocycles. The average molecular weight is 391 g/mol. The number of hydrogen-bond acceptors (Lipinski definition) is 6. The number of hydrogen-bond donors (Lipinski definition) is 1. The number of rotatable bonds is 2. The third-order valence-corrected chi connectivity index (χ3v) is 7.01. The van der Waals surface area contributed by atoms with Crippen LogP contribution in [0.1, 0.15) is 56.0 Å². The summed E-state index contributed by atoms with van der Waals surface area (Å²) < 4.78 is 0. The summed E-state index contributed by atoms with van der Waals surface area (Å²) in [5.41, 5.74) is 10.8. The number of fused-ring (bicyclic) bond motifs is 2. The Balaban J connectivity index is 1.39. The minimum atomic E-state index is 0.260. The molecule has 0 radical (unpaired) electrons. The maximum Gasteiger partial charge on any atom is 0.156 e. The Morgan fingerprint density at radius 3 is 2.76 bits per heavy atom. The molecule has 5 rings (SSSR count). The van der Waals surface area contributed by atoms with E-state index >= 15 is 0 Å². The van der Waals surface area contributed by atoms with Gasteiger partial charge in [-0.05, 0) is 48.8 Å². The number of piperidine rings is 1. The van der Waals surface area contributed by atoms with Gasteiger partial charge in [-0.2, -0.15) is 0 Å². The smallest absolute Gasteiger partial charge is 0.156 e. The van der Waals surface area contributed by atoms with Gasteiger partial charge in [-0.25, -0.2) is 9.97 Å². The highest BCUT2D eigenvalue weighted by Crippen LogP contribution is 2.37. The number of nitrogens with two attached hydrogens (primary N) is 1. The van der Waals surface area contributed by atoms with Gasteiger partial charge in [0.25, 0.3) is 0 Å². The van der Waals surface area contributed by atoms with Crippen LogP contribution in [0.25, 0.3) is 0 Å². The van der Waals surface area contributed by atoms with Gasteiger partial charge in [0.1, 0.15) is 11.5 Å². The molecule has 3 aliphatic heterocycles. The van der Waals surface area contributed by atoms with Crippen LogP contribution in [0, 0.1) is 5.41 Å². The summed E-state index contributed by atoms with van der Waals surface area (Å²) >= 11 is 0. The lowest BCUT2D eigenvalue weighted by atomic mass is 9.80. The van der Waals surface area contributed by atoms with Crippen LogP contribution in [0.4, 0.5) is 11.5 Å². The highest BCUT2D eigenvalue weighted by molar-refractivity contribution is 6.11. The molecule has 0 bridgehead atoms. The van der Waals surface area contributed by atoms with E-state index < -0.39 is 0 Å². The predicted molar refractivity (Wildman–Crippen MR) is 118 cm³/mol. The van der Waals surface area contributed by atoms with E-state index in [-0.39, 0.29) is 5.41 Å². The molecular formula is C23H30N6. The van der Waals surface area contributed by atoms with E-state index in [1.54, 1.807) is 0 Å². The first-order chi connectivity index (χ1) is 14.1. The van der Waals surface area contributed by atoms with Gasteiger partial charge >= 0.3 is 0 Å². The third-order valence-electron chi connectivity index (χ3n) is 7.01. The molecule has 0 saturated carbocycles. The molecule has 1 atom stereocenters. The summed E-state index contributed by atoms with van der Waals surface area (Å²) in [6, 6.07) is 8.68. The monoisotopic (exact) mass is 390 g/mol. The van der Waals surface area contributed by atoms with Gasteiger partial charge in [-0.15, -0.1) is 0 Å². The number of aliphatic imine (C=N–C) groups is 1. The first-order valence-corrected chi connectivity index (χ1v) is 10.8. The Kier molecular flexibility index (Phi) is 4.54. The Morgan fingerprint density at radius 2 is 1.97 bits per heavy atom. The predicted octanol–water partition coefficient (Wildman–Crippen LogP) is 3.32. The lowest BCUT2D eigenvalue weighted by Gasteiger charge is -2.39. The normalized spacial score (nSPS) is 22.9. The summed E-state index contributed by atoms with van der Waals surface area (Å²) in [4.78, 5) is 19.3. The molecule has 6 heteroatoms. The van der Waals surface area contributed by atoms with Gasteiger partial charge in [0, 0.05) is 25.3 Å². The van der Waals surface area contributed by atoms with Gasteiger partial charge < -0.3 is 15.5 Å². The molecule has 2 aromatic rings. The van der Waals surface area contributed by atoms with Crippen LogP contribution in [0.2, 0.25) is 0 Å². The summed E-state index contributed by atoms with van der Waals surface area (Å²) in [5.74, 6) is 2.54. The Hall–Kier alpha value is -2.47. The fourth-order valence-electron chi connectivity index (χ4n) is 4.75. The van der Waals surface area contributed by atoms with E-state index in [4.69, 9.17) is 20.7 Å². The topological polar surface area (TPSA) is 70.6 Å². The van der Waals surface area contributed by atoms with Crippen LogP contribution in [0.5, 0.6) is 0 Å². The second-order valence-corrected chi connectivity index (χ2v) is 9.07. The molecular weight excluding hydrogens is 360 g/mol.